The number of aromatic nitrogens is 2. The lowest BCUT2D eigenvalue weighted by molar-refractivity contribution is -0.199. The van der Waals surface area contributed by atoms with Crippen LogP contribution in [0.5, 0.6) is 11.6 Å². The molecule has 0 aliphatic heterocycles. The number of nitrogens with zero attached hydrogens (tertiary/aromatic N) is 3. The number of carbonyl (C=O) groups excluding carboxylic acids is 1. The lowest BCUT2D eigenvalue weighted by Gasteiger charge is -2.21. The first kappa shape index (κ1) is 30.6. The van der Waals surface area contributed by atoms with Crippen LogP contribution in [0.1, 0.15) is 0 Å². The highest BCUT2D eigenvalue weighted by Crippen LogP contribution is 2.47. The van der Waals surface area contributed by atoms with Gasteiger partial charge in [-0.3, -0.25) is 0 Å². The molecule has 10 nitrogen and oxygen atoms in total. The minimum Gasteiger partial charge on any atom is -0.496 e. The van der Waals surface area contributed by atoms with Crippen LogP contribution in [0, 0.1) is 5.82 Å². The summed E-state index contributed by atoms with van der Waals surface area (Å²) in [6.45, 7) is 0. The normalized spacial score (nSPS) is 11.8. The van der Waals surface area contributed by atoms with Gasteiger partial charge in [-0.25, -0.2) is 14.2 Å². The number of fused-ring (bicyclic) bond motifs is 1. The third-order valence-electron chi connectivity index (χ3n) is 6.27. The van der Waals surface area contributed by atoms with Crippen LogP contribution in [-0.2, 0) is 19.7 Å². The van der Waals surface area contributed by atoms with Gasteiger partial charge in [-0.2, -0.15) is 21.6 Å². The second-order valence-corrected chi connectivity index (χ2v) is 11.0. The Morgan fingerprint density at radius 3 is 2.34 bits per heavy atom. The summed E-state index contributed by atoms with van der Waals surface area (Å²) < 4.78 is 97.0. The molecule has 0 aliphatic rings. The van der Waals surface area contributed by atoms with Gasteiger partial charge in [-0.05, 0) is 29.1 Å². The predicted molar refractivity (Wildman–Crippen MR) is 149 cm³/mol. The van der Waals surface area contributed by atoms with Crippen molar-refractivity contribution in [3.05, 3.63) is 84.0 Å². The van der Waals surface area contributed by atoms with Crippen LogP contribution in [0.25, 0.3) is 33.0 Å². The molecule has 0 bridgehead atoms. The number of methoxy groups -OCH3 is 2. The molecular weight excluding hydrogens is 634 g/mol. The number of rotatable bonds is 8. The van der Waals surface area contributed by atoms with E-state index in [2.05, 4.69) is 19.5 Å². The van der Waals surface area contributed by atoms with E-state index in [-0.39, 0.29) is 43.0 Å². The Balaban J connectivity index is 1.69. The van der Waals surface area contributed by atoms with E-state index in [9.17, 15) is 26.4 Å². The average Bonchev–Trinajstić information content (AvgIpc) is 3.54. The molecule has 0 fully saturated rings. The van der Waals surface area contributed by atoms with E-state index in [0.29, 0.717) is 11.1 Å². The molecule has 5 aromatic rings. The van der Waals surface area contributed by atoms with Crippen LogP contribution >= 0.6 is 11.6 Å². The topological polar surface area (TPSA) is 121 Å². The zero-order chi connectivity index (χ0) is 31.8. The molecule has 0 unspecified atom stereocenters. The van der Waals surface area contributed by atoms with Crippen molar-refractivity contribution in [1.29, 1.82) is 0 Å². The summed E-state index contributed by atoms with van der Waals surface area (Å²) in [5.74, 6) is -4.50. The third kappa shape index (κ3) is 5.46. The van der Waals surface area contributed by atoms with Crippen LogP contribution in [0.15, 0.2) is 82.5 Å². The van der Waals surface area contributed by atoms with E-state index in [4.69, 9.17) is 21.1 Å². The van der Waals surface area contributed by atoms with Gasteiger partial charge in [0.1, 0.15) is 12.0 Å². The molecule has 0 amide bonds. The van der Waals surface area contributed by atoms with Crippen LogP contribution < -0.4 is 13.9 Å². The molecule has 0 atom stereocenters. The monoisotopic (exact) mass is 651 g/mol. The zero-order valence-corrected chi connectivity index (χ0v) is 24.0. The first-order valence-electron chi connectivity index (χ1n) is 12.2. The van der Waals surface area contributed by atoms with E-state index in [1.165, 1.54) is 32.5 Å². The van der Waals surface area contributed by atoms with Crippen LogP contribution in [0.4, 0.5) is 23.4 Å². The summed E-state index contributed by atoms with van der Waals surface area (Å²) in [6.07, 6.45) is -3.47. The highest BCUT2D eigenvalue weighted by molar-refractivity contribution is 7.92. The van der Waals surface area contributed by atoms with E-state index in [1.807, 2.05) is 0 Å². The molecule has 0 aliphatic carbocycles. The molecule has 0 saturated carbocycles. The molecule has 5 rings (SSSR count). The molecule has 228 valence electrons. The molecule has 2 aromatic heterocycles. The molecular formula is C28H18ClF4N3O7S. The summed E-state index contributed by atoms with van der Waals surface area (Å²) >= 11 is 6.49. The Morgan fingerprint density at radius 2 is 1.73 bits per heavy atom. The average molecular weight is 652 g/mol. The zero-order valence-electron chi connectivity index (χ0n) is 22.4. The maximum absolute atomic E-state index is 16.1. The Morgan fingerprint density at radius 1 is 1.00 bits per heavy atom. The number of halogens is 5. The van der Waals surface area contributed by atoms with E-state index >= 15 is 4.39 Å². The van der Waals surface area contributed by atoms with E-state index < -0.39 is 38.7 Å². The van der Waals surface area contributed by atoms with E-state index in [1.54, 1.807) is 30.3 Å². The lowest BCUT2D eigenvalue weighted by atomic mass is 9.95. The number of carbonyl (C=O) groups is 1. The number of pyridine rings is 1. The van der Waals surface area contributed by atoms with Gasteiger partial charge >= 0.3 is 12.1 Å². The van der Waals surface area contributed by atoms with Crippen molar-refractivity contribution < 1.29 is 49.6 Å². The second-order valence-electron chi connectivity index (χ2n) is 8.85. The summed E-state index contributed by atoms with van der Waals surface area (Å²) in [5.41, 5.74) is 0.849. The first-order chi connectivity index (χ1) is 20.9. The van der Waals surface area contributed by atoms with Gasteiger partial charge in [0.2, 0.25) is 11.7 Å². The predicted octanol–water partition coefficient (Wildman–Crippen LogP) is 6.58. The lowest BCUT2D eigenvalue weighted by Crippen LogP contribution is -2.39. The summed E-state index contributed by atoms with van der Waals surface area (Å²) in [6, 6.07) is 14.4. The van der Waals surface area contributed by atoms with Gasteiger partial charge in [0.05, 0.1) is 35.3 Å². The van der Waals surface area contributed by atoms with Crippen molar-refractivity contribution in [2.24, 2.45) is 0 Å². The summed E-state index contributed by atoms with van der Waals surface area (Å²) in [4.78, 5) is 19.3. The van der Waals surface area contributed by atoms with Crippen molar-refractivity contribution in [2.45, 2.75) is 11.1 Å². The van der Waals surface area contributed by atoms with Crippen molar-refractivity contribution in [1.82, 2.24) is 10.1 Å². The minimum atomic E-state index is -5.53. The second kappa shape index (κ2) is 11.7. The third-order valence-corrected chi connectivity index (χ3v) is 8.19. The molecule has 0 radical (unpaired) electrons. The van der Waals surface area contributed by atoms with Gasteiger partial charge in [0.25, 0.3) is 10.0 Å². The van der Waals surface area contributed by atoms with Crippen molar-refractivity contribution >= 4 is 44.2 Å². The first-order valence-corrected chi connectivity index (χ1v) is 14.0. The van der Waals surface area contributed by atoms with E-state index in [0.717, 1.165) is 24.5 Å². The Bertz CT molecular complexity index is 1970. The van der Waals surface area contributed by atoms with Crippen molar-refractivity contribution in [3.8, 4) is 33.9 Å². The fourth-order valence-corrected chi connectivity index (χ4v) is 5.78. The number of hydrogen-bond acceptors (Lipinski definition) is 9. The van der Waals surface area contributed by atoms with Crippen LogP contribution in [-0.4, -0.2) is 44.9 Å². The number of ether oxygens (including phenoxy) is 2. The summed E-state index contributed by atoms with van der Waals surface area (Å²) in [7, 11) is -2.44. The van der Waals surface area contributed by atoms with Gasteiger partial charge in [0, 0.05) is 23.2 Å². The number of hydrogen-bond donors (Lipinski definition) is 0. The molecule has 0 spiro atoms. The molecule has 3 aromatic carbocycles. The highest BCUT2D eigenvalue weighted by atomic mass is 35.5. The van der Waals surface area contributed by atoms with Crippen molar-refractivity contribution in [3.63, 3.8) is 0 Å². The largest absolute Gasteiger partial charge is 0.496 e. The van der Waals surface area contributed by atoms with Crippen molar-refractivity contribution in [2.75, 3.05) is 18.7 Å². The smallest absolute Gasteiger partial charge is 0.493 e. The van der Waals surface area contributed by atoms with Gasteiger partial charge in [0.15, 0.2) is 5.82 Å². The number of anilines is 1. The molecule has 16 heteroatoms. The minimum absolute atomic E-state index is 0.0432. The standard InChI is InChI=1S/C28H18ClF4N3O7S/c1-40-20-13-19(15-6-4-3-5-7-15)24(29)25(30)23(20)22-18-9-8-17(12-16(18)14-34-26(22)41-2)44(38,39)36(21-10-11-42-35-21)43-27(37)28(31,32)33/h3-14H,1-2H3. The Hall–Kier alpha value is -4.89. The maximum Gasteiger partial charge on any atom is 0.493 e. The Labute approximate surface area is 251 Å². The Kier molecular flexibility index (Phi) is 8.09. The SMILES string of the molecule is COc1cc(-c2ccccc2)c(Cl)c(F)c1-c1c(OC)ncc2cc(S(=O)(=O)N(OC(=O)C(F)(F)F)c3ccon3)ccc12. The fourth-order valence-electron chi connectivity index (χ4n) is 4.31. The highest BCUT2D eigenvalue weighted by Gasteiger charge is 2.45. The number of sulfonamides is 1. The molecule has 0 saturated heterocycles. The van der Waals surface area contributed by atoms with Gasteiger partial charge in [-0.1, -0.05) is 57.6 Å². The van der Waals surface area contributed by atoms with Crippen LogP contribution in [0.3, 0.4) is 0 Å². The number of benzene rings is 3. The molecule has 2 heterocycles. The van der Waals surface area contributed by atoms with Crippen LogP contribution in [0.2, 0.25) is 5.02 Å². The fraction of sp³-hybridized carbons (Fsp3) is 0.107. The van der Waals surface area contributed by atoms with Gasteiger partial charge in [-0.15, -0.1) is 0 Å². The quantitative estimate of drug-likeness (QED) is 0.135. The maximum atomic E-state index is 16.1. The molecule has 0 N–H and O–H groups in total. The number of alkyl halides is 3. The molecule has 44 heavy (non-hydrogen) atoms. The van der Waals surface area contributed by atoms with Gasteiger partial charge < -0.3 is 18.8 Å². The summed E-state index contributed by atoms with van der Waals surface area (Å²) in [5, 5.41) is 3.33.